The molecular weight excluding hydrogens is 259 g/mol. The summed E-state index contributed by atoms with van der Waals surface area (Å²) in [6, 6.07) is 3.65. The first-order valence-electron chi connectivity index (χ1n) is 5.23. The minimum absolute atomic E-state index is 0.0699. The molecule has 0 fully saturated rings. The number of aromatic nitrogens is 3. The van der Waals surface area contributed by atoms with Crippen LogP contribution in [-0.2, 0) is 13.1 Å². The molecule has 1 heterocycles. The summed E-state index contributed by atoms with van der Waals surface area (Å²) in [5, 5.41) is 15.9. The largest absolute Gasteiger partial charge is 0.325 e. The Morgan fingerprint density at radius 3 is 2.63 bits per heavy atom. The van der Waals surface area contributed by atoms with Gasteiger partial charge < -0.3 is 5.73 Å². The third kappa shape index (κ3) is 2.15. The fraction of sp³-hybridized carbons (Fsp3) is 0.182. The van der Waals surface area contributed by atoms with Crippen molar-refractivity contribution in [1.82, 2.24) is 15.0 Å². The number of hydrogen-bond donors (Lipinski definition) is 1. The van der Waals surface area contributed by atoms with Gasteiger partial charge in [-0.1, -0.05) is 5.21 Å². The number of halogens is 3. The lowest BCUT2D eigenvalue weighted by Gasteiger charge is -2.07. The Balaban J connectivity index is 2.68. The zero-order chi connectivity index (χ0) is 14.0. The van der Waals surface area contributed by atoms with Gasteiger partial charge in [-0.05, 0) is 12.1 Å². The van der Waals surface area contributed by atoms with Crippen molar-refractivity contribution in [2.24, 2.45) is 5.73 Å². The molecule has 19 heavy (non-hydrogen) atoms. The minimum Gasteiger partial charge on any atom is -0.325 e. The summed E-state index contributed by atoms with van der Waals surface area (Å²) in [5.41, 5.74) is 5.45. The Morgan fingerprint density at radius 2 is 2.00 bits per heavy atom. The van der Waals surface area contributed by atoms with E-state index in [4.69, 9.17) is 11.0 Å². The van der Waals surface area contributed by atoms with Crippen LogP contribution < -0.4 is 5.73 Å². The molecule has 0 aliphatic carbocycles. The summed E-state index contributed by atoms with van der Waals surface area (Å²) in [4.78, 5) is 0. The predicted octanol–water partition coefficient (Wildman–Crippen LogP) is 1.34. The maximum absolute atomic E-state index is 13.8. The van der Waals surface area contributed by atoms with E-state index >= 15 is 0 Å². The highest BCUT2D eigenvalue weighted by atomic mass is 19.2. The van der Waals surface area contributed by atoms with Crippen molar-refractivity contribution in [2.75, 3.05) is 0 Å². The van der Waals surface area contributed by atoms with E-state index in [-0.39, 0.29) is 30.0 Å². The summed E-state index contributed by atoms with van der Waals surface area (Å²) < 4.78 is 41.0. The van der Waals surface area contributed by atoms with Crippen LogP contribution >= 0.6 is 0 Å². The van der Waals surface area contributed by atoms with Crippen LogP contribution in [0, 0.1) is 28.8 Å². The molecule has 0 spiro atoms. The summed E-state index contributed by atoms with van der Waals surface area (Å²) in [6.45, 7) is -0.278. The fourth-order valence-electron chi connectivity index (χ4n) is 1.67. The van der Waals surface area contributed by atoms with Crippen molar-refractivity contribution in [1.29, 1.82) is 5.26 Å². The molecule has 0 aliphatic rings. The third-order valence-corrected chi connectivity index (χ3v) is 2.51. The second kappa shape index (κ2) is 5.07. The van der Waals surface area contributed by atoms with Gasteiger partial charge in [0, 0.05) is 12.1 Å². The van der Waals surface area contributed by atoms with E-state index in [0.717, 1.165) is 16.8 Å². The Bertz CT molecular complexity index is 659. The van der Waals surface area contributed by atoms with E-state index in [1.54, 1.807) is 6.07 Å². The van der Waals surface area contributed by atoms with Crippen molar-refractivity contribution < 1.29 is 13.2 Å². The highest BCUT2D eigenvalue weighted by Gasteiger charge is 2.21. The summed E-state index contributed by atoms with van der Waals surface area (Å²) in [6.07, 6.45) is 0. The number of nitriles is 1. The van der Waals surface area contributed by atoms with Gasteiger partial charge in [-0.3, -0.25) is 0 Å². The van der Waals surface area contributed by atoms with Crippen LogP contribution in [0.3, 0.4) is 0 Å². The molecule has 0 bridgehead atoms. The number of nitrogens with zero attached hydrogens (tertiary/aromatic N) is 4. The minimum atomic E-state index is -1.59. The fourth-order valence-corrected chi connectivity index (χ4v) is 1.67. The summed E-state index contributed by atoms with van der Waals surface area (Å²) in [5.74, 6) is -4.25. The van der Waals surface area contributed by atoms with Gasteiger partial charge in [0.1, 0.15) is 12.2 Å². The van der Waals surface area contributed by atoms with E-state index in [9.17, 15) is 13.2 Å². The van der Waals surface area contributed by atoms with Gasteiger partial charge in [0.25, 0.3) is 0 Å². The average Bonchev–Trinajstić information content (AvgIpc) is 2.80. The second-order valence-electron chi connectivity index (χ2n) is 3.63. The van der Waals surface area contributed by atoms with Gasteiger partial charge >= 0.3 is 0 Å². The molecular formula is C11H8F3N5. The van der Waals surface area contributed by atoms with Crippen molar-refractivity contribution in [2.45, 2.75) is 13.1 Å². The Labute approximate surface area is 106 Å². The molecule has 2 rings (SSSR count). The van der Waals surface area contributed by atoms with Gasteiger partial charge in [-0.25, -0.2) is 17.9 Å². The van der Waals surface area contributed by atoms with E-state index in [1.807, 2.05) is 0 Å². The predicted molar refractivity (Wildman–Crippen MR) is 58.8 cm³/mol. The van der Waals surface area contributed by atoms with Gasteiger partial charge in [0.15, 0.2) is 17.5 Å². The van der Waals surface area contributed by atoms with E-state index in [2.05, 4.69) is 10.3 Å². The molecule has 5 nitrogen and oxygen atoms in total. The standard InChI is InChI=1S/C11H8F3N5/c12-7-2-1-6(9(13)10(7)14)11-8(5-16)17-18-19(11)4-3-15/h1-2H,4-5,16H2. The van der Waals surface area contributed by atoms with E-state index in [0.29, 0.717) is 0 Å². The summed E-state index contributed by atoms with van der Waals surface area (Å²) >= 11 is 0. The Hall–Kier alpha value is -2.40. The van der Waals surface area contributed by atoms with Crippen LogP contribution in [-0.4, -0.2) is 15.0 Å². The maximum Gasteiger partial charge on any atom is 0.195 e. The number of hydrogen-bond acceptors (Lipinski definition) is 4. The van der Waals surface area contributed by atoms with Crippen molar-refractivity contribution in [3.8, 4) is 17.3 Å². The molecule has 0 radical (unpaired) electrons. The third-order valence-electron chi connectivity index (χ3n) is 2.51. The summed E-state index contributed by atoms with van der Waals surface area (Å²) in [7, 11) is 0. The maximum atomic E-state index is 13.8. The first-order valence-corrected chi connectivity index (χ1v) is 5.23. The van der Waals surface area contributed by atoms with Crippen LogP contribution in [0.25, 0.3) is 11.3 Å². The number of benzene rings is 1. The quantitative estimate of drug-likeness (QED) is 0.851. The Kier molecular flexibility index (Phi) is 3.48. The lowest BCUT2D eigenvalue weighted by molar-refractivity contribution is 0.448. The average molecular weight is 267 g/mol. The van der Waals surface area contributed by atoms with Crippen LogP contribution in [0.4, 0.5) is 13.2 Å². The van der Waals surface area contributed by atoms with Crippen LogP contribution in [0.5, 0.6) is 0 Å². The van der Waals surface area contributed by atoms with E-state index in [1.165, 1.54) is 0 Å². The topological polar surface area (TPSA) is 80.5 Å². The van der Waals surface area contributed by atoms with Crippen molar-refractivity contribution in [3.05, 3.63) is 35.3 Å². The molecule has 1 aromatic heterocycles. The number of nitrogens with two attached hydrogens (primary N) is 1. The normalized spacial score (nSPS) is 10.5. The highest BCUT2D eigenvalue weighted by molar-refractivity contribution is 5.63. The molecule has 0 amide bonds. The lowest BCUT2D eigenvalue weighted by atomic mass is 10.1. The first kappa shape index (κ1) is 13.0. The molecule has 0 saturated carbocycles. The zero-order valence-corrected chi connectivity index (χ0v) is 9.57. The Morgan fingerprint density at radius 1 is 1.26 bits per heavy atom. The van der Waals surface area contributed by atoms with Gasteiger partial charge in [-0.2, -0.15) is 5.26 Å². The lowest BCUT2D eigenvalue weighted by Crippen LogP contribution is -2.06. The monoisotopic (exact) mass is 267 g/mol. The van der Waals surface area contributed by atoms with Gasteiger partial charge in [0.2, 0.25) is 0 Å². The molecule has 2 N–H and O–H groups in total. The molecule has 0 unspecified atom stereocenters. The van der Waals surface area contributed by atoms with Crippen LogP contribution in [0.2, 0.25) is 0 Å². The van der Waals surface area contributed by atoms with Gasteiger partial charge in [0.05, 0.1) is 11.8 Å². The molecule has 1 aromatic carbocycles. The molecule has 8 heteroatoms. The SMILES string of the molecule is N#CCn1nnc(CN)c1-c1ccc(F)c(F)c1F. The molecule has 0 saturated heterocycles. The van der Waals surface area contributed by atoms with Crippen molar-refractivity contribution >= 4 is 0 Å². The molecule has 98 valence electrons. The van der Waals surface area contributed by atoms with Crippen LogP contribution in [0.15, 0.2) is 12.1 Å². The van der Waals surface area contributed by atoms with Crippen molar-refractivity contribution in [3.63, 3.8) is 0 Å². The van der Waals surface area contributed by atoms with Gasteiger partial charge in [-0.15, -0.1) is 5.10 Å². The first-order chi connectivity index (χ1) is 9.10. The van der Waals surface area contributed by atoms with E-state index < -0.39 is 17.5 Å². The molecule has 0 atom stereocenters. The smallest absolute Gasteiger partial charge is 0.195 e. The molecule has 0 aliphatic heterocycles. The number of rotatable bonds is 3. The zero-order valence-electron chi connectivity index (χ0n) is 9.57. The highest BCUT2D eigenvalue weighted by Crippen LogP contribution is 2.27. The van der Waals surface area contributed by atoms with Crippen LogP contribution in [0.1, 0.15) is 5.69 Å². The molecule has 2 aromatic rings. The second-order valence-corrected chi connectivity index (χ2v) is 3.63.